The summed E-state index contributed by atoms with van der Waals surface area (Å²) in [4.78, 5) is 0. The van der Waals surface area contributed by atoms with E-state index in [9.17, 15) is 5.11 Å². The minimum atomic E-state index is -0.585. The highest BCUT2D eigenvalue weighted by Gasteiger charge is 2.16. The third kappa shape index (κ3) is 4.44. The summed E-state index contributed by atoms with van der Waals surface area (Å²) < 4.78 is 5.85. The van der Waals surface area contributed by atoms with Crippen molar-refractivity contribution in [1.29, 1.82) is 0 Å². The van der Waals surface area contributed by atoms with Gasteiger partial charge in [0.1, 0.15) is 11.5 Å². The molecule has 3 nitrogen and oxygen atoms in total. The maximum Gasteiger partial charge on any atom is 0.135 e. The van der Waals surface area contributed by atoms with Crippen LogP contribution in [0.3, 0.4) is 0 Å². The molecule has 0 saturated heterocycles. The summed E-state index contributed by atoms with van der Waals surface area (Å²) in [7, 11) is 0. The van der Waals surface area contributed by atoms with Gasteiger partial charge in [0.25, 0.3) is 0 Å². The topological polar surface area (TPSA) is 45.4 Å². The van der Waals surface area contributed by atoms with E-state index in [-0.39, 0.29) is 6.04 Å². The van der Waals surface area contributed by atoms with Gasteiger partial charge >= 0.3 is 0 Å². The summed E-state index contributed by atoms with van der Waals surface area (Å²) in [6.07, 6.45) is -0.585. The van der Waals surface area contributed by atoms with Gasteiger partial charge in [-0.15, -0.1) is 0 Å². The monoisotopic (exact) mass is 375 g/mol. The van der Waals surface area contributed by atoms with Gasteiger partial charge in [-0.25, -0.2) is 0 Å². The Kier molecular flexibility index (Phi) is 5.82. The number of nitrogens with one attached hydrogen (secondary N) is 1. The van der Waals surface area contributed by atoms with Crippen LogP contribution >= 0.6 is 23.2 Å². The molecule has 0 aliphatic carbocycles. The molecule has 1 aromatic heterocycles. The van der Waals surface area contributed by atoms with E-state index in [1.54, 1.807) is 18.2 Å². The molecule has 3 rings (SSSR count). The number of aliphatic hydroxyl groups excluding tert-OH is 1. The van der Waals surface area contributed by atoms with Crippen LogP contribution in [-0.4, -0.2) is 11.1 Å². The number of hydrogen-bond donors (Lipinski definition) is 2. The highest BCUT2D eigenvalue weighted by Crippen LogP contribution is 2.31. The van der Waals surface area contributed by atoms with Gasteiger partial charge in [-0.3, -0.25) is 0 Å². The first kappa shape index (κ1) is 18.0. The van der Waals surface area contributed by atoms with E-state index in [4.69, 9.17) is 27.6 Å². The molecule has 0 amide bonds. The number of hydrogen-bond acceptors (Lipinski definition) is 3. The summed E-state index contributed by atoms with van der Waals surface area (Å²) >= 11 is 12.2. The molecule has 0 unspecified atom stereocenters. The molecule has 2 aromatic carbocycles. The molecule has 130 valence electrons. The van der Waals surface area contributed by atoms with Gasteiger partial charge in [-0.1, -0.05) is 53.5 Å². The fourth-order valence-corrected chi connectivity index (χ4v) is 3.00. The van der Waals surface area contributed by atoms with Crippen molar-refractivity contribution in [1.82, 2.24) is 5.32 Å². The van der Waals surface area contributed by atoms with E-state index >= 15 is 0 Å². The third-order valence-corrected chi connectivity index (χ3v) is 4.63. The number of halogens is 2. The molecule has 0 bridgehead atoms. The molecular weight excluding hydrogens is 357 g/mol. The van der Waals surface area contributed by atoms with Crippen LogP contribution in [0.2, 0.25) is 10.0 Å². The molecule has 3 aromatic rings. The van der Waals surface area contributed by atoms with Gasteiger partial charge in [0.15, 0.2) is 0 Å². The first-order chi connectivity index (χ1) is 12.0. The molecule has 0 saturated carbocycles. The zero-order valence-corrected chi connectivity index (χ0v) is 15.3. The SMILES string of the molecule is C[C@H](NCc1ccc(-c2cc(Cl)ccc2Cl)o1)[C@@H](O)c1ccccc1. The summed E-state index contributed by atoms with van der Waals surface area (Å²) in [5.74, 6) is 1.43. The smallest absolute Gasteiger partial charge is 0.135 e. The van der Waals surface area contributed by atoms with Crippen molar-refractivity contribution >= 4 is 23.2 Å². The minimum Gasteiger partial charge on any atom is -0.460 e. The summed E-state index contributed by atoms with van der Waals surface area (Å²) in [5.41, 5.74) is 1.64. The van der Waals surface area contributed by atoms with Gasteiger partial charge in [0.05, 0.1) is 17.7 Å². The number of furan rings is 1. The lowest BCUT2D eigenvalue weighted by molar-refractivity contribution is 0.134. The lowest BCUT2D eigenvalue weighted by atomic mass is 10.0. The summed E-state index contributed by atoms with van der Waals surface area (Å²) in [6.45, 7) is 2.44. The Morgan fingerprint density at radius 1 is 1.04 bits per heavy atom. The first-order valence-corrected chi connectivity index (χ1v) is 8.80. The Bertz CT molecular complexity index is 833. The van der Waals surface area contributed by atoms with Crippen molar-refractivity contribution in [3.63, 3.8) is 0 Å². The van der Waals surface area contributed by atoms with E-state index in [1.807, 2.05) is 49.4 Å². The second-order valence-electron chi connectivity index (χ2n) is 5.92. The van der Waals surface area contributed by atoms with E-state index < -0.39 is 6.10 Å². The molecule has 0 spiro atoms. The number of rotatable bonds is 6. The van der Waals surface area contributed by atoms with Crippen molar-refractivity contribution in [3.05, 3.63) is 82.0 Å². The van der Waals surface area contributed by atoms with Crippen LogP contribution < -0.4 is 5.32 Å². The lowest BCUT2D eigenvalue weighted by Gasteiger charge is -2.20. The molecular formula is C20H19Cl2NO2. The fraction of sp³-hybridized carbons (Fsp3) is 0.200. The molecule has 25 heavy (non-hydrogen) atoms. The zero-order valence-electron chi connectivity index (χ0n) is 13.7. The van der Waals surface area contributed by atoms with Gasteiger partial charge in [0, 0.05) is 16.6 Å². The molecule has 1 heterocycles. The molecule has 2 atom stereocenters. The second kappa shape index (κ2) is 8.07. The Morgan fingerprint density at radius 3 is 2.56 bits per heavy atom. The predicted molar refractivity (Wildman–Crippen MR) is 102 cm³/mol. The Balaban J connectivity index is 1.65. The van der Waals surface area contributed by atoms with E-state index in [0.717, 1.165) is 16.9 Å². The molecule has 2 N–H and O–H groups in total. The van der Waals surface area contributed by atoms with Crippen LogP contribution in [0.1, 0.15) is 24.4 Å². The lowest BCUT2D eigenvalue weighted by Crippen LogP contribution is -2.31. The predicted octanol–water partition coefficient (Wildman–Crippen LogP) is 5.47. The van der Waals surface area contributed by atoms with Crippen LogP contribution in [0, 0.1) is 0 Å². The van der Waals surface area contributed by atoms with Crippen LogP contribution in [0.25, 0.3) is 11.3 Å². The van der Waals surface area contributed by atoms with Crippen molar-refractivity contribution in [2.24, 2.45) is 0 Å². The van der Waals surface area contributed by atoms with Gasteiger partial charge in [-0.2, -0.15) is 0 Å². The van der Waals surface area contributed by atoms with Crippen molar-refractivity contribution in [3.8, 4) is 11.3 Å². The average molecular weight is 376 g/mol. The summed E-state index contributed by atoms with van der Waals surface area (Å²) in [5, 5.41) is 14.9. The molecule has 5 heteroatoms. The number of benzene rings is 2. The van der Waals surface area contributed by atoms with E-state index in [0.29, 0.717) is 22.4 Å². The maximum atomic E-state index is 10.4. The summed E-state index contributed by atoms with van der Waals surface area (Å²) in [6, 6.07) is 18.5. The Morgan fingerprint density at radius 2 is 1.80 bits per heavy atom. The van der Waals surface area contributed by atoms with Gasteiger partial charge < -0.3 is 14.8 Å². The average Bonchev–Trinajstić information content (AvgIpc) is 3.10. The molecule has 0 aliphatic rings. The highest BCUT2D eigenvalue weighted by molar-refractivity contribution is 6.35. The molecule has 0 fully saturated rings. The standard InChI is InChI=1S/C20H19Cl2NO2/c1-13(20(24)14-5-3-2-4-6-14)23-12-16-8-10-19(25-16)17-11-15(21)7-9-18(17)22/h2-11,13,20,23-24H,12H2,1H3/t13-,20+/m0/s1. The van der Waals surface area contributed by atoms with Crippen molar-refractivity contribution < 1.29 is 9.52 Å². The molecule has 0 aliphatic heterocycles. The second-order valence-corrected chi connectivity index (χ2v) is 6.76. The van der Waals surface area contributed by atoms with Crippen LogP contribution in [0.4, 0.5) is 0 Å². The van der Waals surface area contributed by atoms with Crippen LogP contribution in [-0.2, 0) is 6.54 Å². The van der Waals surface area contributed by atoms with Crippen LogP contribution in [0.15, 0.2) is 65.1 Å². The van der Waals surface area contributed by atoms with Crippen molar-refractivity contribution in [2.75, 3.05) is 0 Å². The quantitative estimate of drug-likeness (QED) is 0.600. The highest BCUT2D eigenvalue weighted by atomic mass is 35.5. The van der Waals surface area contributed by atoms with E-state index in [2.05, 4.69) is 5.32 Å². The number of aliphatic hydroxyl groups is 1. The maximum absolute atomic E-state index is 10.4. The normalized spacial score (nSPS) is 13.6. The first-order valence-electron chi connectivity index (χ1n) is 8.05. The Labute approximate surface area is 157 Å². The Hall–Kier alpha value is -1.78. The largest absolute Gasteiger partial charge is 0.460 e. The third-order valence-electron chi connectivity index (χ3n) is 4.07. The fourth-order valence-electron chi connectivity index (χ4n) is 2.62. The van der Waals surface area contributed by atoms with E-state index in [1.165, 1.54) is 0 Å². The molecule has 0 radical (unpaired) electrons. The minimum absolute atomic E-state index is 0.120. The van der Waals surface area contributed by atoms with Gasteiger partial charge in [-0.05, 0) is 42.8 Å². The zero-order chi connectivity index (χ0) is 17.8. The van der Waals surface area contributed by atoms with Crippen molar-refractivity contribution in [2.45, 2.75) is 25.6 Å². The van der Waals surface area contributed by atoms with Crippen LogP contribution in [0.5, 0.6) is 0 Å². The van der Waals surface area contributed by atoms with Gasteiger partial charge in [0.2, 0.25) is 0 Å².